The largest absolute Gasteiger partial charge is 0.349 e. The van der Waals surface area contributed by atoms with Crippen molar-refractivity contribution < 1.29 is 9.18 Å². The number of carbonyl (C=O) groups is 1. The monoisotopic (exact) mass is 276 g/mol. The third-order valence-corrected chi connectivity index (χ3v) is 2.68. The summed E-state index contributed by atoms with van der Waals surface area (Å²) in [6.45, 7) is 4.00. The highest BCUT2D eigenvalue weighted by molar-refractivity contribution is 5.93. The van der Waals surface area contributed by atoms with E-state index in [1.54, 1.807) is 16.7 Å². The summed E-state index contributed by atoms with van der Waals surface area (Å²) in [5.41, 5.74) is 6.38. The van der Waals surface area contributed by atoms with E-state index in [0.717, 1.165) is 0 Å². The molecule has 0 saturated heterocycles. The molecule has 0 aliphatic rings. The highest BCUT2D eigenvalue weighted by atomic mass is 19.1. The van der Waals surface area contributed by atoms with Crippen LogP contribution in [0.2, 0.25) is 0 Å². The molecule has 1 aromatic carbocycles. The maximum atomic E-state index is 12.9. The molecular weight excluding hydrogens is 259 g/mol. The van der Waals surface area contributed by atoms with E-state index in [1.807, 2.05) is 13.8 Å². The van der Waals surface area contributed by atoms with E-state index >= 15 is 0 Å². The average Bonchev–Trinajstić information content (AvgIpc) is 2.85. The summed E-state index contributed by atoms with van der Waals surface area (Å²) in [4.78, 5) is 16.1. The Morgan fingerprint density at radius 1 is 1.40 bits per heavy atom. The number of rotatable bonds is 4. The average molecular weight is 276 g/mol. The van der Waals surface area contributed by atoms with Crippen LogP contribution in [0, 0.1) is 5.82 Å². The van der Waals surface area contributed by atoms with Crippen LogP contribution in [0.15, 0.2) is 36.8 Å². The Labute approximate surface area is 116 Å². The minimum Gasteiger partial charge on any atom is -0.349 e. The van der Waals surface area contributed by atoms with Crippen LogP contribution < -0.4 is 11.1 Å². The zero-order valence-corrected chi connectivity index (χ0v) is 11.4. The second-order valence-corrected chi connectivity index (χ2v) is 5.30. The molecular formula is C14H17FN4O. The molecule has 2 aromatic rings. The molecule has 0 aliphatic heterocycles. The molecule has 2 rings (SSSR count). The molecule has 0 bridgehead atoms. The predicted molar refractivity (Wildman–Crippen MR) is 74.1 cm³/mol. The summed E-state index contributed by atoms with van der Waals surface area (Å²) in [5, 5.41) is 2.75. The number of halogens is 1. The Morgan fingerprint density at radius 3 is 2.65 bits per heavy atom. The van der Waals surface area contributed by atoms with Gasteiger partial charge < -0.3 is 11.1 Å². The van der Waals surface area contributed by atoms with Gasteiger partial charge in [0.25, 0.3) is 5.91 Å². The predicted octanol–water partition coefficient (Wildman–Crippen LogP) is 1.48. The van der Waals surface area contributed by atoms with Crippen LogP contribution in [0.3, 0.4) is 0 Å². The van der Waals surface area contributed by atoms with Gasteiger partial charge >= 0.3 is 0 Å². The molecule has 6 heteroatoms. The molecule has 20 heavy (non-hydrogen) atoms. The summed E-state index contributed by atoms with van der Waals surface area (Å²) in [5.74, 6) is -0.602. The van der Waals surface area contributed by atoms with Gasteiger partial charge in [0.05, 0.1) is 12.5 Å². The third kappa shape index (κ3) is 3.42. The van der Waals surface area contributed by atoms with E-state index in [0.29, 0.717) is 17.9 Å². The van der Waals surface area contributed by atoms with Gasteiger partial charge in [0.2, 0.25) is 0 Å². The molecule has 0 atom stereocenters. The summed E-state index contributed by atoms with van der Waals surface area (Å²) in [7, 11) is 0. The van der Waals surface area contributed by atoms with Gasteiger partial charge in [-0.3, -0.25) is 9.36 Å². The van der Waals surface area contributed by atoms with Gasteiger partial charge in [-0.1, -0.05) is 0 Å². The SMILES string of the molecule is CC(C)(N)CNC(=O)c1cncn1-c1ccc(F)cc1. The summed E-state index contributed by atoms with van der Waals surface area (Å²) < 4.78 is 14.5. The molecule has 1 heterocycles. The van der Waals surface area contributed by atoms with Crippen molar-refractivity contribution in [1.82, 2.24) is 14.9 Å². The summed E-state index contributed by atoms with van der Waals surface area (Å²) in [6.07, 6.45) is 2.97. The number of hydrogen-bond acceptors (Lipinski definition) is 3. The maximum absolute atomic E-state index is 12.9. The lowest BCUT2D eigenvalue weighted by Gasteiger charge is -2.19. The Bertz CT molecular complexity index is 598. The lowest BCUT2D eigenvalue weighted by atomic mass is 10.1. The second-order valence-electron chi connectivity index (χ2n) is 5.30. The molecule has 5 nitrogen and oxygen atoms in total. The maximum Gasteiger partial charge on any atom is 0.269 e. The number of imidazole rings is 1. The standard InChI is InChI=1S/C14H17FN4O/c1-14(2,16)8-18-13(20)12-7-17-9-19(12)11-5-3-10(15)4-6-11/h3-7,9H,8,16H2,1-2H3,(H,18,20). The van der Waals surface area contributed by atoms with Crippen molar-refractivity contribution in [1.29, 1.82) is 0 Å². The minimum absolute atomic E-state index is 0.273. The number of nitrogens with one attached hydrogen (secondary N) is 1. The van der Waals surface area contributed by atoms with Gasteiger partial charge in [0.1, 0.15) is 11.5 Å². The molecule has 106 valence electrons. The quantitative estimate of drug-likeness (QED) is 0.888. The topological polar surface area (TPSA) is 72.9 Å². The highest BCUT2D eigenvalue weighted by Crippen LogP contribution is 2.12. The molecule has 0 saturated carbocycles. The van der Waals surface area contributed by atoms with Crippen molar-refractivity contribution in [3.05, 3.63) is 48.3 Å². The van der Waals surface area contributed by atoms with Crippen molar-refractivity contribution >= 4 is 5.91 Å². The van der Waals surface area contributed by atoms with Crippen LogP contribution in [0.25, 0.3) is 5.69 Å². The fourth-order valence-corrected chi connectivity index (χ4v) is 1.67. The number of hydrogen-bond donors (Lipinski definition) is 2. The van der Waals surface area contributed by atoms with Gasteiger partial charge in [0, 0.05) is 17.8 Å². The molecule has 3 N–H and O–H groups in total. The number of nitrogens with zero attached hydrogens (tertiary/aromatic N) is 2. The van der Waals surface area contributed by atoms with Crippen LogP contribution >= 0.6 is 0 Å². The lowest BCUT2D eigenvalue weighted by Crippen LogP contribution is -2.45. The van der Waals surface area contributed by atoms with E-state index in [-0.39, 0.29) is 11.7 Å². The van der Waals surface area contributed by atoms with Crippen molar-refractivity contribution in [2.75, 3.05) is 6.54 Å². The van der Waals surface area contributed by atoms with Gasteiger partial charge in [-0.25, -0.2) is 9.37 Å². The van der Waals surface area contributed by atoms with Gasteiger partial charge in [-0.15, -0.1) is 0 Å². The molecule has 0 unspecified atom stereocenters. The van der Waals surface area contributed by atoms with E-state index in [1.165, 1.54) is 24.7 Å². The number of aromatic nitrogens is 2. The Morgan fingerprint density at radius 2 is 2.05 bits per heavy atom. The number of nitrogens with two attached hydrogens (primary N) is 1. The molecule has 1 amide bonds. The highest BCUT2D eigenvalue weighted by Gasteiger charge is 2.16. The van der Waals surface area contributed by atoms with Crippen LogP contribution in [-0.4, -0.2) is 27.5 Å². The normalized spacial score (nSPS) is 11.4. The fraction of sp³-hybridized carbons (Fsp3) is 0.286. The third-order valence-electron chi connectivity index (χ3n) is 2.68. The van der Waals surface area contributed by atoms with Crippen molar-refractivity contribution in [2.24, 2.45) is 5.73 Å². The zero-order chi connectivity index (χ0) is 14.8. The first-order chi connectivity index (χ1) is 9.37. The Kier molecular flexibility index (Phi) is 3.85. The Balaban J connectivity index is 2.20. The smallest absolute Gasteiger partial charge is 0.269 e. The first-order valence-corrected chi connectivity index (χ1v) is 6.22. The van der Waals surface area contributed by atoms with Gasteiger partial charge in [-0.05, 0) is 38.1 Å². The minimum atomic E-state index is -0.490. The summed E-state index contributed by atoms with van der Waals surface area (Å²) >= 11 is 0. The number of benzene rings is 1. The van der Waals surface area contributed by atoms with E-state index in [9.17, 15) is 9.18 Å². The first kappa shape index (κ1) is 14.2. The van der Waals surface area contributed by atoms with Gasteiger partial charge in [0.15, 0.2) is 0 Å². The second kappa shape index (κ2) is 5.42. The summed E-state index contributed by atoms with van der Waals surface area (Å²) in [6, 6.07) is 5.83. The first-order valence-electron chi connectivity index (χ1n) is 6.22. The van der Waals surface area contributed by atoms with Crippen molar-refractivity contribution in [2.45, 2.75) is 19.4 Å². The van der Waals surface area contributed by atoms with Crippen LogP contribution in [0.4, 0.5) is 4.39 Å². The molecule has 0 radical (unpaired) electrons. The van der Waals surface area contributed by atoms with Crippen LogP contribution in [0.5, 0.6) is 0 Å². The van der Waals surface area contributed by atoms with Crippen molar-refractivity contribution in [3.8, 4) is 5.69 Å². The van der Waals surface area contributed by atoms with E-state index < -0.39 is 5.54 Å². The van der Waals surface area contributed by atoms with E-state index in [4.69, 9.17) is 5.73 Å². The van der Waals surface area contributed by atoms with Crippen LogP contribution in [-0.2, 0) is 0 Å². The zero-order valence-electron chi connectivity index (χ0n) is 11.4. The van der Waals surface area contributed by atoms with Crippen LogP contribution in [0.1, 0.15) is 24.3 Å². The molecule has 0 aliphatic carbocycles. The van der Waals surface area contributed by atoms with Crippen molar-refractivity contribution in [3.63, 3.8) is 0 Å². The Hall–Kier alpha value is -2.21. The molecule has 0 spiro atoms. The lowest BCUT2D eigenvalue weighted by molar-refractivity contribution is 0.0939. The van der Waals surface area contributed by atoms with Gasteiger partial charge in [-0.2, -0.15) is 0 Å². The number of carbonyl (C=O) groups excluding carboxylic acids is 1. The molecule has 0 fully saturated rings. The molecule has 1 aromatic heterocycles. The number of amides is 1. The fourth-order valence-electron chi connectivity index (χ4n) is 1.67. The van der Waals surface area contributed by atoms with E-state index in [2.05, 4.69) is 10.3 Å².